The second-order valence-corrected chi connectivity index (χ2v) is 6.74. The first kappa shape index (κ1) is 18.0. The Bertz CT molecular complexity index is 479. The number of hydrogen-bond donors (Lipinski definition) is 1. The molecule has 1 saturated heterocycles. The van der Waals surface area contributed by atoms with Gasteiger partial charge in [0.05, 0.1) is 19.1 Å². The molecule has 0 saturated carbocycles. The molecule has 2 rings (SSSR count). The number of amides is 1. The van der Waals surface area contributed by atoms with E-state index in [9.17, 15) is 4.79 Å². The van der Waals surface area contributed by atoms with Crippen molar-refractivity contribution in [2.45, 2.75) is 46.3 Å². The van der Waals surface area contributed by atoms with Gasteiger partial charge in [-0.25, -0.2) is 0 Å². The van der Waals surface area contributed by atoms with Crippen molar-refractivity contribution in [3.05, 3.63) is 35.4 Å². The molecule has 1 aromatic rings. The molecule has 1 aliphatic heterocycles. The van der Waals surface area contributed by atoms with E-state index in [4.69, 9.17) is 4.74 Å². The Balaban J connectivity index is 1.98. The van der Waals surface area contributed by atoms with Gasteiger partial charge in [-0.15, -0.1) is 0 Å². The number of carbonyl (C=O) groups excluding carboxylic acids is 1. The highest BCUT2D eigenvalue weighted by Gasteiger charge is 2.22. The van der Waals surface area contributed by atoms with Crippen LogP contribution in [-0.2, 0) is 22.5 Å². The lowest BCUT2D eigenvalue weighted by Crippen LogP contribution is -2.43. The summed E-state index contributed by atoms with van der Waals surface area (Å²) in [6, 6.07) is 8.58. The monoisotopic (exact) mass is 318 g/mol. The summed E-state index contributed by atoms with van der Waals surface area (Å²) in [5, 5.41) is 3.29. The molecule has 0 bridgehead atoms. The van der Waals surface area contributed by atoms with Crippen molar-refractivity contribution < 1.29 is 9.53 Å². The van der Waals surface area contributed by atoms with Gasteiger partial charge in [-0.05, 0) is 23.5 Å². The molecular weight excluding hydrogens is 288 g/mol. The molecule has 4 nitrogen and oxygen atoms in total. The largest absolute Gasteiger partial charge is 0.375 e. The first-order valence-corrected chi connectivity index (χ1v) is 8.76. The van der Waals surface area contributed by atoms with Gasteiger partial charge in [0, 0.05) is 26.2 Å². The zero-order valence-electron chi connectivity index (χ0n) is 14.7. The maximum atomic E-state index is 12.7. The van der Waals surface area contributed by atoms with Crippen LogP contribution in [-0.4, -0.2) is 43.2 Å². The molecule has 1 fully saturated rings. The lowest BCUT2D eigenvalue weighted by Gasteiger charge is -2.29. The molecule has 23 heavy (non-hydrogen) atoms. The van der Waals surface area contributed by atoms with Crippen LogP contribution >= 0.6 is 0 Å². The van der Waals surface area contributed by atoms with E-state index in [0.29, 0.717) is 25.5 Å². The predicted molar refractivity (Wildman–Crippen MR) is 93.3 cm³/mol. The Hall–Kier alpha value is -1.39. The van der Waals surface area contributed by atoms with E-state index in [1.807, 2.05) is 4.90 Å². The molecule has 0 aliphatic carbocycles. The highest BCUT2D eigenvalue weighted by atomic mass is 16.5. The van der Waals surface area contributed by atoms with Gasteiger partial charge < -0.3 is 15.0 Å². The number of nitrogens with zero attached hydrogens (tertiary/aromatic N) is 1. The lowest BCUT2D eigenvalue weighted by molar-refractivity contribution is -0.135. The average Bonchev–Trinajstić information content (AvgIpc) is 2.55. The Morgan fingerprint density at radius 3 is 2.57 bits per heavy atom. The standard InChI is InChI=1S/C19H30N2O2/c1-4-16-5-7-17(8-6-16)14-21(13-15(2)3)19(22)11-18-12-20-9-10-23-18/h5-8,15,18,20H,4,9-14H2,1-3H3/t18-/m0/s1. The minimum atomic E-state index is 0.00776. The molecule has 1 N–H and O–H groups in total. The van der Waals surface area contributed by atoms with Gasteiger partial charge in [-0.2, -0.15) is 0 Å². The summed E-state index contributed by atoms with van der Waals surface area (Å²) in [7, 11) is 0. The van der Waals surface area contributed by atoms with Gasteiger partial charge in [-0.3, -0.25) is 4.79 Å². The Labute approximate surface area is 140 Å². The van der Waals surface area contributed by atoms with Crippen molar-refractivity contribution in [3.63, 3.8) is 0 Å². The molecule has 0 aromatic heterocycles. The summed E-state index contributed by atoms with van der Waals surface area (Å²) in [6.45, 7) is 10.3. The fourth-order valence-corrected chi connectivity index (χ4v) is 2.87. The third-order valence-electron chi connectivity index (χ3n) is 4.15. The number of morpholine rings is 1. The second kappa shape index (κ2) is 9.04. The van der Waals surface area contributed by atoms with Gasteiger partial charge in [-0.1, -0.05) is 45.0 Å². The summed E-state index contributed by atoms with van der Waals surface area (Å²) >= 11 is 0. The van der Waals surface area contributed by atoms with Crippen molar-refractivity contribution >= 4 is 5.91 Å². The van der Waals surface area contributed by atoms with Crippen LogP contribution in [0.25, 0.3) is 0 Å². The van der Waals surface area contributed by atoms with Gasteiger partial charge in [0.25, 0.3) is 0 Å². The molecule has 0 radical (unpaired) electrons. The smallest absolute Gasteiger partial charge is 0.225 e. The maximum Gasteiger partial charge on any atom is 0.225 e. The van der Waals surface area contributed by atoms with Gasteiger partial charge in [0.1, 0.15) is 0 Å². The molecule has 1 aromatic carbocycles. The fraction of sp³-hybridized carbons (Fsp3) is 0.632. The Morgan fingerprint density at radius 1 is 1.30 bits per heavy atom. The van der Waals surface area contributed by atoms with Crippen molar-refractivity contribution in [1.29, 1.82) is 0 Å². The van der Waals surface area contributed by atoms with E-state index in [2.05, 4.69) is 50.4 Å². The van der Waals surface area contributed by atoms with E-state index >= 15 is 0 Å². The van der Waals surface area contributed by atoms with Crippen LogP contribution in [0.3, 0.4) is 0 Å². The number of ether oxygens (including phenoxy) is 1. The van der Waals surface area contributed by atoms with Crippen LogP contribution in [0.4, 0.5) is 0 Å². The number of benzene rings is 1. The first-order chi connectivity index (χ1) is 11.1. The van der Waals surface area contributed by atoms with E-state index in [1.54, 1.807) is 0 Å². The molecule has 0 unspecified atom stereocenters. The highest BCUT2D eigenvalue weighted by Crippen LogP contribution is 2.13. The third kappa shape index (κ3) is 5.96. The zero-order chi connectivity index (χ0) is 16.7. The number of nitrogens with one attached hydrogen (secondary N) is 1. The quantitative estimate of drug-likeness (QED) is 0.840. The summed E-state index contributed by atoms with van der Waals surface area (Å²) in [4.78, 5) is 14.7. The maximum absolute atomic E-state index is 12.7. The SMILES string of the molecule is CCc1ccc(CN(CC(C)C)C(=O)C[C@H]2CNCCO2)cc1. The third-order valence-corrected chi connectivity index (χ3v) is 4.15. The number of aryl methyl sites for hydroxylation is 1. The van der Waals surface area contributed by atoms with Gasteiger partial charge in [0.2, 0.25) is 5.91 Å². The highest BCUT2D eigenvalue weighted by molar-refractivity contribution is 5.76. The minimum Gasteiger partial charge on any atom is -0.375 e. The average molecular weight is 318 g/mol. The number of carbonyl (C=O) groups is 1. The van der Waals surface area contributed by atoms with E-state index in [1.165, 1.54) is 11.1 Å². The molecule has 1 aliphatic rings. The molecule has 128 valence electrons. The van der Waals surface area contributed by atoms with E-state index < -0.39 is 0 Å². The van der Waals surface area contributed by atoms with Crippen LogP contribution in [0.1, 0.15) is 38.3 Å². The summed E-state index contributed by atoms with van der Waals surface area (Å²) < 4.78 is 5.67. The Morgan fingerprint density at radius 2 is 2.00 bits per heavy atom. The van der Waals surface area contributed by atoms with Crippen LogP contribution in [0, 0.1) is 5.92 Å². The predicted octanol–water partition coefficient (Wildman–Crippen LogP) is 2.61. The minimum absolute atomic E-state index is 0.00776. The van der Waals surface area contributed by atoms with Gasteiger partial charge in [0.15, 0.2) is 0 Å². The van der Waals surface area contributed by atoms with Gasteiger partial charge >= 0.3 is 0 Å². The van der Waals surface area contributed by atoms with Crippen molar-refractivity contribution in [3.8, 4) is 0 Å². The molecular formula is C19H30N2O2. The number of hydrogen-bond acceptors (Lipinski definition) is 3. The zero-order valence-corrected chi connectivity index (χ0v) is 14.7. The molecule has 1 atom stereocenters. The Kier molecular flexibility index (Phi) is 7.06. The summed E-state index contributed by atoms with van der Waals surface area (Å²) in [5.74, 6) is 0.645. The van der Waals surface area contributed by atoms with Crippen LogP contribution in [0.5, 0.6) is 0 Å². The van der Waals surface area contributed by atoms with Crippen molar-refractivity contribution in [2.24, 2.45) is 5.92 Å². The van der Waals surface area contributed by atoms with E-state index in [0.717, 1.165) is 26.1 Å². The molecule has 1 heterocycles. The normalized spacial score (nSPS) is 18.2. The fourth-order valence-electron chi connectivity index (χ4n) is 2.87. The first-order valence-electron chi connectivity index (χ1n) is 8.76. The number of rotatable bonds is 7. The topological polar surface area (TPSA) is 41.6 Å². The van der Waals surface area contributed by atoms with Crippen LogP contribution < -0.4 is 5.32 Å². The van der Waals surface area contributed by atoms with Crippen LogP contribution in [0.2, 0.25) is 0 Å². The van der Waals surface area contributed by atoms with E-state index in [-0.39, 0.29) is 12.0 Å². The summed E-state index contributed by atoms with van der Waals surface area (Å²) in [5.41, 5.74) is 2.52. The summed E-state index contributed by atoms with van der Waals surface area (Å²) in [6.07, 6.45) is 1.52. The second-order valence-electron chi connectivity index (χ2n) is 6.74. The molecule has 0 spiro atoms. The lowest BCUT2D eigenvalue weighted by atomic mass is 10.1. The van der Waals surface area contributed by atoms with Crippen molar-refractivity contribution in [1.82, 2.24) is 10.2 Å². The van der Waals surface area contributed by atoms with Crippen LogP contribution in [0.15, 0.2) is 24.3 Å². The van der Waals surface area contributed by atoms with Crippen molar-refractivity contribution in [2.75, 3.05) is 26.2 Å². The molecule has 4 heteroatoms. The molecule has 1 amide bonds.